The monoisotopic (exact) mass is 382 g/mol. The molecule has 0 bridgehead atoms. The average molecular weight is 383 g/mol. The maximum Gasteiger partial charge on any atom is 0.215 e. The van der Waals surface area contributed by atoms with Gasteiger partial charge in [-0.1, -0.05) is 36.0 Å². The summed E-state index contributed by atoms with van der Waals surface area (Å²) in [7, 11) is 8.47. The van der Waals surface area contributed by atoms with Gasteiger partial charge >= 0.3 is 0 Å². The summed E-state index contributed by atoms with van der Waals surface area (Å²) in [6, 6.07) is 12.9. The molecular weight excluding hydrogens is 352 g/mol. The van der Waals surface area contributed by atoms with E-state index in [0.717, 1.165) is 12.3 Å². The first-order valence-electron chi connectivity index (χ1n) is 9.33. The van der Waals surface area contributed by atoms with Gasteiger partial charge in [-0.05, 0) is 23.3 Å². The molecule has 142 valence electrons. The second kappa shape index (κ2) is 9.11. The number of aryl methyl sites for hydroxylation is 1. The lowest BCUT2D eigenvalue weighted by Crippen LogP contribution is -3.07. The lowest BCUT2D eigenvalue weighted by atomic mass is 10.1. The van der Waals surface area contributed by atoms with Gasteiger partial charge in [0.05, 0.1) is 19.0 Å². The van der Waals surface area contributed by atoms with E-state index in [1.165, 1.54) is 21.7 Å². The summed E-state index contributed by atoms with van der Waals surface area (Å²) in [6.45, 7) is 1.03. The fourth-order valence-corrected chi connectivity index (χ4v) is 4.23. The molecule has 2 atom stereocenters. The Morgan fingerprint density at radius 3 is 2.26 bits per heavy atom. The van der Waals surface area contributed by atoms with Gasteiger partial charge in [-0.3, -0.25) is 4.90 Å². The second-order valence-corrected chi connectivity index (χ2v) is 8.33. The standard InChI is InChI=1S/C22H29N4S/c1-23(2)21-9-7-19(8-10-21)5-6-20-11-13-26(14-12-20)17-18-27-22-24(3)15-16-25(22)4/h5-16,22H,17-18H2,1-4H3/q+1/p+1. The molecule has 0 radical (unpaired) electrons. The highest BCUT2D eigenvalue weighted by Gasteiger charge is 2.25. The Balaban J connectivity index is 1.49. The van der Waals surface area contributed by atoms with Crippen LogP contribution in [0.25, 0.3) is 12.2 Å². The third kappa shape index (κ3) is 5.37. The molecule has 0 aliphatic carbocycles. The average Bonchev–Trinajstić information content (AvgIpc) is 2.99. The minimum absolute atomic E-state index is 0.492. The van der Waals surface area contributed by atoms with E-state index in [0.29, 0.717) is 5.50 Å². The van der Waals surface area contributed by atoms with Crippen molar-refractivity contribution in [2.45, 2.75) is 12.0 Å². The molecule has 0 spiro atoms. The van der Waals surface area contributed by atoms with E-state index in [9.17, 15) is 0 Å². The fraction of sp³-hybridized carbons (Fsp3) is 0.318. The Bertz CT molecular complexity index is 769. The highest BCUT2D eigenvalue weighted by Crippen LogP contribution is 2.14. The van der Waals surface area contributed by atoms with Gasteiger partial charge in [0, 0.05) is 39.0 Å². The van der Waals surface area contributed by atoms with Crippen molar-refractivity contribution >= 4 is 29.6 Å². The van der Waals surface area contributed by atoms with Gasteiger partial charge in [-0.15, -0.1) is 0 Å². The number of pyridine rings is 1. The summed E-state index contributed by atoms with van der Waals surface area (Å²) >= 11 is 2.00. The zero-order valence-electron chi connectivity index (χ0n) is 16.7. The molecule has 3 rings (SSSR count). The van der Waals surface area contributed by atoms with Crippen molar-refractivity contribution in [2.24, 2.45) is 0 Å². The topological polar surface area (TPSA) is 14.8 Å². The van der Waals surface area contributed by atoms with Gasteiger partial charge in [0.25, 0.3) is 0 Å². The summed E-state index contributed by atoms with van der Waals surface area (Å²) in [5, 5.41) is 0. The van der Waals surface area contributed by atoms with Crippen LogP contribution in [-0.4, -0.2) is 44.3 Å². The molecule has 0 saturated carbocycles. The first-order valence-corrected chi connectivity index (χ1v) is 10.4. The van der Waals surface area contributed by atoms with E-state index < -0.39 is 0 Å². The summed E-state index contributed by atoms with van der Waals surface area (Å²) in [5.74, 6) is 1.10. The van der Waals surface area contributed by atoms with Crippen LogP contribution in [0.15, 0.2) is 61.2 Å². The number of anilines is 1. The SMILES string of the molecule is CN(C)c1ccc(/C=C/c2cc[n+](CCSC3N(C)C=C[NH+]3C)cc2)cc1. The van der Waals surface area contributed by atoms with Crippen molar-refractivity contribution in [2.75, 3.05) is 38.8 Å². The molecule has 0 saturated heterocycles. The van der Waals surface area contributed by atoms with Crippen molar-refractivity contribution in [3.63, 3.8) is 0 Å². The van der Waals surface area contributed by atoms with Crippen LogP contribution in [0.3, 0.4) is 0 Å². The number of rotatable bonds is 7. The predicted molar refractivity (Wildman–Crippen MR) is 116 cm³/mol. The van der Waals surface area contributed by atoms with E-state index in [-0.39, 0.29) is 0 Å². The maximum absolute atomic E-state index is 2.28. The van der Waals surface area contributed by atoms with Crippen LogP contribution in [0.5, 0.6) is 0 Å². The van der Waals surface area contributed by atoms with Crippen molar-refractivity contribution in [1.82, 2.24) is 4.90 Å². The number of hydrogen-bond acceptors (Lipinski definition) is 3. The summed E-state index contributed by atoms with van der Waals surface area (Å²) in [4.78, 5) is 5.83. The van der Waals surface area contributed by atoms with E-state index in [4.69, 9.17) is 0 Å². The largest absolute Gasteiger partial charge is 0.378 e. The van der Waals surface area contributed by atoms with Crippen LogP contribution in [0.2, 0.25) is 0 Å². The van der Waals surface area contributed by atoms with Crippen LogP contribution in [0.4, 0.5) is 5.69 Å². The molecule has 0 amide bonds. The van der Waals surface area contributed by atoms with Gasteiger partial charge < -0.3 is 9.80 Å². The molecule has 1 aromatic carbocycles. The van der Waals surface area contributed by atoms with Crippen molar-refractivity contribution < 1.29 is 9.47 Å². The van der Waals surface area contributed by atoms with Crippen LogP contribution >= 0.6 is 11.8 Å². The molecule has 1 aliphatic rings. The van der Waals surface area contributed by atoms with Crippen molar-refractivity contribution in [3.8, 4) is 0 Å². The van der Waals surface area contributed by atoms with Crippen LogP contribution in [0.1, 0.15) is 11.1 Å². The quantitative estimate of drug-likeness (QED) is 0.739. The fourth-order valence-electron chi connectivity index (χ4n) is 3.04. The predicted octanol–water partition coefficient (Wildman–Crippen LogP) is 2.16. The van der Waals surface area contributed by atoms with Crippen LogP contribution in [0, 0.1) is 0 Å². The number of nitrogens with zero attached hydrogens (tertiary/aromatic N) is 3. The van der Waals surface area contributed by atoms with Crippen molar-refractivity contribution in [3.05, 3.63) is 72.3 Å². The maximum atomic E-state index is 2.28. The minimum atomic E-state index is 0.492. The molecule has 1 aliphatic heterocycles. The number of quaternary nitrogens is 1. The van der Waals surface area contributed by atoms with Crippen LogP contribution < -0.4 is 14.4 Å². The highest BCUT2D eigenvalue weighted by molar-refractivity contribution is 7.99. The number of aromatic nitrogens is 1. The number of nitrogens with one attached hydrogen (secondary N) is 1. The third-order valence-corrected chi connectivity index (χ3v) is 6.19. The number of hydrogen-bond donors (Lipinski definition) is 1. The third-order valence-electron chi connectivity index (χ3n) is 4.75. The zero-order chi connectivity index (χ0) is 19.2. The Hall–Kier alpha value is -2.24. The molecule has 2 aromatic rings. The van der Waals surface area contributed by atoms with E-state index in [2.05, 4.69) is 116 Å². The van der Waals surface area contributed by atoms with Gasteiger partial charge in [0.15, 0.2) is 18.9 Å². The molecule has 5 heteroatoms. The summed E-state index contributed by atoms with van der Waals surface area (Å²) in [6.07, 6.45) is 13.0. The van der Waals surface area contributed by atoms with Gasteiger partial charge in [0.2, 0.25) is 5.50 Å². The zero-order valence-corrected chi connectivity index (χ0v) is 17.5. The summed E-state index contributed by atoms with van der Waals surface area (Å²) < 4.78 is 2.26. The Labute approximate surface area is 167 Å². The molecule has 2 heterocycles. The lowest BCUT2D eigenvalue weighted by Gasteiger charge is -2.21. The first kappa shape index (κ1) is 19.5. The summed E-state index contributed by atoms with van der Waals surface area (Å²) in [5.41, 5.74) is 4.15. The Kier molecular flexibility index (Phi) is 6.58. The molecular formula is C22H30N4S+2. The second-order valence-electron chi connectivity index (χ2n) is 7.14. The van der Waals surface area contributed by atoms with Crippen LogP contribution in [-0.2, 0) is 6.54 Å². The Morgan fingerprint density at radius 1 is 1.07 bits per heavy atom. The number of thioether (sulfide) groups is 1. The molecule has 1 aromatic heterocycles. The minimum Gasteiger partial charge on any atom is -0.378 e. The normalized spacial score (nSPS) is 19.2. The van der Waals surface area contributed by atoms with E-state index in [1.807, 2.05) is 11.8 Å². The molecule has 1 N–H and O–H groups in total. The molecule has 4 nitrogen and oxygen atoms in total. The molecule has 27 heavy (non-hydrogen) atoms. The van der Waals surface area contributed by atoms with Gasteiger partial charge in [-0.2, -0.15) is 0 Å². The molecule has 0 fully saturated rings. The van der Waals surface area contributed by atoms with E-state index in [1.54, 1.807) is 0 Å². The highest BCUT2D eigenvalue weighted by atomic mass is 32.2. The smallest absolute Gasteiger partial charge is 0.215 e. The van der Waals surface area contributed by atoms with Gasteiger partial charge in [-0.25, -0.2) is 4.57 Å². The van der Waals surface area contributed by atoms with Crippen molar-refractivity contribution in [1.29, 1.82) is 0 Å². The number of benzene rings is 1. The first-order chi connectivity index (χ1) is 13.0. The van der Waals surface area contributed by atoms with Gasteiger partial charge in [0.1, 0.15) is 6.20 Å². The lowest BCUT2D eigenvalue weighted by molar-refractivity contribution is -0.838. The Morgan fingerprint density at radius 2 is 1.70 bits per heavy atom. The van der Waals surface area contributed by atoms with E-state index >= 15 is 0 Å². The molecule has 2 unspecified atom stereocenters.